The number of aromatic nitrogens is 2. The van der Waals surface area contributed by atoms with E-state index in [1.165, 1.54) is 131 Å². The van der Waals surface area contributed by atoms with Gasteiger partial charge in [0.15, 0.2) is 0 Å². The number of hydrogen-bond donors (Lipinski definition) is 1. The Kier molecular flexibility index (Phi) is 6.43. The number of hydrogen-bond acceptors (Lipinski definition) is 0. The lowest BCUT2D eigenvalue weighted by atomic mass is 9.63. The van der Waals surface area contributed by atoms with Crippen LogP contribution in [0.25, 0.3) is 49.3 Å². The van der Waals surface area contributed by atoms with Gasteiger partial charge in [-0.05, 0) is 27.0 Å². The number of H-pyrrole nitrogens is 1. The molecule has 0 saturated heterocycles. The molecule has 2 heterocycles. The van der Waals surface area contributed by atoms with Gasteiger partial charge in [-0.2, -0.15) is 0 Å². The molecule has 2 aromatic heterocycles. The second-order valence-corrected chi connectivity index (χ2v) is 13.1. The minimum Gasteiger partial charge on any atom is -0.355 e. The Morgan fingerprint density at radius 1 is 0.293 bits per heavy atom. The van der Waals surface area contributed by atoms with Crippen LogP contribution < -0.4 is 81.9 Å². The predicted molar refractivity (Wildman–Crippen MR) is 233 cm³/mol. The highest BCUT2D eigenvalue weighted by Crippen LogP contribution is 2.27. The van der Waals surface area contributed by atoms with E-state index < -0.39 is 0 Å². The summed E-state index contributed by atoms with van der Waals surface area (Å²) < 4.78 is 2.66. The third-order valence-electron chi connectivity index (χ3n) is 11.7. The van der Waals surface area contributed by atoms with Crippen LogP contribution in [0.3, 0.4) is 0 Å². The fourth-order valence-corrected chi connectivity index (χ4v) is 7.94. The molecule has 6 rings (SSSR count). The van der Waals surface area contributed by atoms with Crippen molar-refractivity contribution in [1.82, 2.24) is 9.55 Å². The van der Waals surface area contributed by atoms with E-state index in [1.54, 1.807) is 0 Å². The van der Waals surface area contributed by atoms with Crippen LogP contribution in [0, 0.1) is 0 Å². The molecule has 4 aromatic carbocycles. The van der Waals surface area contributed by atoms with Gasteiger partial charge in [0.25, 0.3) is 0 Å². The molecule has 0 fully saturated rings. The third kappa shape index (κ3) is 3.41. The van der Waals surface area contributed by atoms with Crippen LogP contribution >= 0.6 is 0 Å². The molecular formula is C24H31B15N2. The highest BCUT2D eigenvalue weighted by atomic mass is 15.0. The van der Waals surface area contributed by atoms with Gasteiger partial charge in [-0.1, -0.05) is 60.1 Å². The molecule has 41 heavy (non-hydrogen) atoms. The van der Waals surface area contributed by atoms with Gasteiger partial charge in [-0.15, -0.1) is 16.4 Å². The van der Waals surface area contributed by atoms with E-state index in [0.29, 0.717) is 0 Å². The van der Waals surface area contributed by atoms with E-state index in [0.717, 1.165) is 0 Å². The SMILES string of the molecule is Bc1c(B)c(B)c2c([nH]c3c(B)c(-n4c5c(B)c(B)c(B)c(B)c5c5c(B)c(B)c(B)c(B)c54)c(B)c(B)c32)c1B. The van der Waals surface area contributed by atoms with Gasteiger partial charge in [-0.3, -0.25) is 0 Å². The zero-order valence-electron chi connectivity index (χ0n) is 27.9. The van der Waals surface area contributed by atoms with Crippen LogP contribution in [0.5, 0.6) is 0 Å². The summed E-state index contributed by atoms with van der Waals surface area (Å²) in [6.45, 7) is 0. The average molecular weight is 510 g/mol. The first kappa shape index (κ1) is 28.6. The molecule has 17 heteroatoms. The summed E-state index contributed by atoms with van der Waals surface area (Å²) in [5.41, 5.74) is 27.5. The summed E-state index contributed by atoms with van der Waals surface area (Å²) in [7, 11) is 34.7. The maximum Gasteiger partial charge on any atom is 0.144 e. The van der Waals surface area contributed by atoms with Gasteiger partial charge in [0.05, 0.1) is 0 Å². The largest absolute Gasteiger partial charge is 0.355 e. The molecule has 0 aliphatic rings. The lowest BCUT2D eigenvalue weighted by molar-refractivity contribution is 1.22. The summed E-state index contributed by atoms with van der Waals surface area (Å²) in [6, 6.07) is 0. The predicted octanol–water partition coefficient (Wildman–Crippen LogP) is -19.7. The second-order valence-electron chi connectivity index (χ2n) is 13.1. The minimum absolute atomic E-state index is 1.28. The number of rotatable bonds is 1. The van der Waals surface area contributed by atoms with Gasteiger partial charge in [0.1, 0.15) is 118 Å². The number of nitrogens with zero attached hydrogens (tertiary/aromatic N) is 1. The smallest absolute Gasteiger partial charge is 0.144 e. The van der Waals surface area contributed by atoms with Gasteiger partial charge in [-0.25, -0.2) is 0 Å². The maximum atomic E-state index is 3.97. The summed E-state index contributed by atoms with van der Waals surface area (Å²) in [5, 5.41) is 5.64. The lowest BCUT2D eigenvalue weighted by Crippen LogP contribution is -2.49. The van der Waals surface area contributed by atoms with Crippen LogP contribution in [0.4, 0.5) is 0 Å². The number of benzene rings is 4. The van der Waals surface area contributed by atoms with Crippen LogP contribution in [0.1, 0.15) is 0 Å². The Hall–Kier alpha value is -2.55. The van der Waals surface area contributed by atoms with Crippen molar-refractivity contribution in [2.75, 3.05) is 0 Å². The monoisotopic (exact) mass is 512 g/mol. The molecule has 0 amide bonds. The fraction of sp³-hybridized carbons (Fsp3) is 0. The summed E-state index contributed by atoms with van der Waals surface area (Å²) >= 11 is 0. The van der Waals surface area contributed by atoms with E-state index in [4.69, 9.17) is 0 Å². The van der Waals surface area contributed by atoms with Gasteiger partial charge in [0.2, 0.25) is 0 Å². The molecule has 1 N–H and O–H groups in total. The number of nitrogens with one attached hydrogen (secondary N) is 1. The molecule has 0 spiro atoms. The topological polar surface area (TPSA) is 20.7 Å². The average Bonchev–Trinajstić information content (AvgIpc) is 3.52. The lowest BCUT2D eigenvalue weighted by Gasteiger charge is -2.22. The Labute approximate surface area is 257 Å². The van der Waals surface area contributed by atoms with Gasteiger partial charge in [0, 0.05) is 27.8 Å². The fourth-order valence-electron chi connectivity index (χ4n) is 7.94. The standard InChI is InChI=1S/C24H31B15N2/c25-5-1-2-6(26)16(36)24(19(39)21(2)40-20(1)15(35)12(32)9(5)29)41-22-3(7(27)10(30)13(33)17(22)37)4-8(28)11(31)14(34)18(38)23(4)41/h40H,25-39H2. The van der Waals surface area contributed by atoms with Gasteiger partial charge >= 0.3 is 0 Å². The Morgan fingerprint density at radius 2 is 0.610 bits per heavy atom. The first-order valence-corrected chi connectivity index (χ1v) is 15.2. The third-order valence-corrected chi connectivity index (χ3v) is 11.7. The van der Waals surface area contributed by atoms with E-state index in [2.05, 4.69) is 127 Å². The molecular weight excluding hydrogens is 478 g/mol. The number of fused-ring (bicyclic) bond motifs is 6. The first-order chi connectivity index (χ1) is 19.1. The van der Waals surface area contributed by atoms with Crippen LogP contribution in [0.15, 0.2) is 0 Å². The normalized spacial score (nSPS) is 11.9. The van der Waals surface area contributed by atoms with Crippen molar-refractivity contribution in [2.45, 2.75) is 0 Å². The quantitative estimate of drug-likeness (QED) is 0.213. The second kappa shape index (κ2) is 9.22. The molecule has 0 atom stereocenters. The maximum absolute atomic E-state index is 3.97. The van der Waals surface area contributed by atoms with Crippen molar-refractivity contribution in [3.63, 3.8) is 0 Å². The molecule has 2 nitrogen and oxygen atoms in total. The zero-order valence-corrected chi connectivity index (χ0v) is 27.9. The Morgan fingerprint density at radius 3 is 1.05 bits per heavy atom. The van der Waals surface area contributed by atoms with Crippen molar-refractivity contribution in [3.05, 3.63) is 0 Å². The minimum atomic E-state index is 1.28. The first-order valence-electron chi connectivity index (χ1n) is 15.2. The summed E-state index contributed by atoms with van der Waals surface area (Å²) in [5.74, 6) is 0. The van der Waals surface area contributed by atoms with Crippen LogP contribution in [0.2, 0.25) is 0 Å². The van der Waals surface area contributed by atoms with Crippen molar-refractivity contribution in [2.24, 2.45) is 0 Å². The molecule has 0 saturated carbocycles. The van der Waals surface area contributed by atoms with Crippen molar-refractivity contribution >= 4 is 243 Å². The molecule has 6 aromatic rings. The van der Waals surface area contributed by atoms with E-state index in [1.807, 2.05) is 0 Å². The molecule has 0 unspecified atom stereocenters. The Bertz CT molecular complexity index is 2130. The van der Waals surface area contributed by atoms with E-state index in [9.17, 15) is 0 Å². The number of aromatic amines is 1. The van der Waals surface area contributed by atoms with E-state index in [-0.39, 0.29) is 0 Å². The Balaban J connectivity index is 1.96. The molecule has 182 valence electrons. The van der Waals surface area contributed by atoms with E-state index >= 15 is 0 Å². The molecule has 0 radical (unpaired) electrons. The van der Waals surface area contributed by atoms with Crippen molar-refractivity contribution < 1.29 is 0 Å². The highest BCUT2D eigenvalue weighted by Gasteiger charge is 2.26. The van der Waals surface area contributed by atoms with Crippen LogP contribution in [-0.4, -0.2) is 127 Å². The highest BCUT2D eigenvalue weighted by molar-refractivity contribution is 6.73. The molecule has 0 bridgehead atoms. The molecule has 0 aliphatic carbocycles. The summed E-state index contributed by atoms with van der Waals surface area (Å²) in [4.78, 5) is 3.97. The summed E-state index contributed by atoms with van der Waals surface area (Å²) in [6.07, 6.45) is 0. The van der Waals surface area contributed by atoms with Gasteiger partial charge < -0.3 is 9.55 Å². The van der Waals surface area contributed by atoms with Crippen LogP contribution in [-0.2, 0) is 0 Å². The molecule has 0 aliphatic heterocycles. The van der Waals surface area contributed by atoms with Crippen molar-refractivity contribution in [1.29, 1.82) is 0 Å². The van der Waals surface area contributed by atoms with Crippen molar-refractivity contribution in [3.8, 4) is 5.69 Å². The zero-order chi connectivity index (χ0) is 30.1.